The maximum Gasteiger partial charge on any atom is 0.415 e. The Morgan fingerprint density at radius 2 is 1.49 bits per heavy atom. The van der Waals surface area contributed by atoms with Crippen LogP contribution in [0.3, 0.4) is 0 Å². The van der Waals surface area contributed by atoms with Crippen LogP contribution >= 0.6 is 0 Å². The molecule has 9 heteroatoms. The highest BCUT2D eigenvalue weighted by Crippen LogP contribution is 2.38. The van der Waals surface area contributed by atoms with Gasteiger partial charge in [-0.25, -0.2) is 18.4 Å². The first-order valence-corrected chi connectivity index (χ1v) is 12.2. The van der Waals surface area contributed by atoms with Crippen LogP contribution in [0, 0.1) is 11.6 Å². The third-order valence-electron chi connectivity index (χ3n) is 6.12. The fraction of sp³-hybridized carbons (Fsp3) is 0.133. The van der Waals surface area contributed by atoms with Crippen molar-refractivity contribution in [3.63, 3.8) is 0 Å². The monoisotopic (exact) mass is 530 g/mol. The standard InChI is InChI=1S/C30H24F2N2O5/c31-22-8-12-24(13-9-22)33-29(35)38-19-27-28(34(30(36)39-27)25-14-10-23(32)11-15-25)21-6-16-26(17-7-21)37-18-20-4-2-1-3-5-20/h1-17,27-28H,18-19H2,(H,33,35). The van der Waals surface area contributed by atoms with Gasteiger partial charge in [0.2, 0.25) is 0 Å². The number of halogens is 2. The molecule has 1 saturated heterocycles. The first kappa shape index (κ1) is 25.7. The van der Waals surface area contributed by atoms with Gasteiger partial charge in [0.05, 0.1) is 0 Å². The van der Waals surface area contributed by atoms with Crippen LogP contribution in [0.4, 0.5) is 29.7 Å². The van der Waals surface area contributed by atoms with Crippen LogP contribution in [-0.4, -0.2) is 24.9 Å². The summed E-state index contributed by atoms with van der Waals surface area (Å²) in [5.41, 5.74) is 2.49. The number of anilines is 2. The van der Waals surface area contributed by atoms with Gasteiger partial charge in [-0.15, -0.1) is 0 Å². The minimum atomic E-state index is -0.863. The van der Waals surface area contributed by atoms with E-state index in [4.69, 9.17) is 14.2 Å². The Morgan fingerprint density at radius 1 is 0.846 bits per heavy atom. The fourth-order valence-electron chi connectivity index (χ4n) is 4.23. The summed E-state index contributed by atoms with van der Waals surface area (Å²) in [5, 5.41) is 2.50. The first-order chi connectivity index (χ1) is 19.0. The number of carbonyl (C=O) groups is 2. The molecule has 2 amide bonds. The summed E-state index contributed by atoms with van der Waals surface area (Å²) in [6.07, 6.45) is -2.32. The van der Waals surface area contributed by atoms with Crippen molar-refractivity contribution in [1.29, 1.82) is 0 Å². The summed E-state index contributed by atoms with van der Waals surface area (Å²) >= 11 is 0. The second-order valence-electron chi connectivity index (χ2n) is 8.79. The van der Waals surface area contributed by atoms with Crippen LogP contribution in [-0.2, 0) is 16.1 Å². The zero-order valence-corrected chi connectivity index (χ0v) is 20.6. The van der Waals surface area contributed by atoms with Crippen molar-refractivity contribution in [3.05, 3.63) is 126 Å². The Bertz CT molecular complexity index is 1410. The van der Waals surface area contributed by atoms with Gasteiger partial charge in [-0.1, -0.05) is 42.5 Å². The molecular formula is C30H24F2N2O5. The summed E-state index contributed by atoms with van der Waals surface area (Å²) in [4.78, 5) is 26.7. The fourth-order valence-corrected chi connectivity index (χ4v) is 4.23. The lowest BCUT2D eigenvalue weighted by Gasteiger charge is -2.25. The second kappa shape index (κ2) is 11.6. The lowest BCUT2D eigenvalue weighted by atomic mass is 10.0. The van der Waals surface area contributed by atoms with E-state index in [1.54, 1.807) is 24.3 Å². The normalized spacial score (nSPS) is 16.5. The Hall–Kier alpha value is -4.92. The van der Waals surface area contributed by atoms with Crippen LogP contribution in [0.25, 0.3) is 0 Å². The quantitative estimate of drug-likeness (QED) is 0.269. The number of benzene rings is 4. The summed E-state index contributed by atoms with van der Waals surface area (Å²) in [6, 6.07) is 26.9. The van der Waals surface area contributed by atoms with Gasteiger partial charge in [0.15, 0.2) is 6.10 Å². The minimum absolute atomic E-state index is 0.257. The molecule has 0 aromatic heterocycles. The van der Waals surface area contributed by atoms with E-state index >= 15 is 0 Å². The van der Waals surface area contributed by atoms with Crippen LogP contribution < -0.4 is 15.0 Å². The highest BCUT2D eigenvalue weighted by molar-refractivity contribution is 5.91. The van der Waals surface area contributed by atoms with Crippen molar-refractivity contribution < 1.29 is 32.6 Å². The summed E-state index contributed by atoms with van der Waals surface area (Å²) in [7, 11) is 0. The zero-order chi connectivity index (χ0) is 27.2. The molecule has 2 unspecified atom stereocenters. The van der Waals surface area contributed by atoms with E-state index < -0.39 is 36.0 Å². The highest BCUT2D eigenvalue weighted by atomic mass is 19.1. The number of amides is 2. The number of hydrogen-bond donors (Lipinski definition) is 1. The number of nitrogens with zero attached hydrogens (tertiary/aromatic N) is 1. The molecule has 4 aromatic carbocycles. The van der Waals surface area contributed by atoms with Gasteiger partial charge in [-0.3, -0.25) is 10.2 Å². The van der Waals surface area contributed by atoms with Gasteiger partial charge in [-0.05, 0) is 71.8 Å². The topological polar surface area (TPSA) is 77.1 Å². The van der Waals surface area contributed by atoms with Crippen molar-refractivity contribution in [2.24, 2.45) is 0 Å². The molecule has 1 aliphatic heterocycles. The van der Waals surface area contributed by atoms with Gasteiger partial charge in [0, 0.05) is 11.4 Å². The molecule has 0 bridgehead atoms. The number of hydrogen-bond acceptors (Lipinski definition) is 5. The maximum absolute atomic E-state index is 13.6. The predicted molar refractivity (Wildman–Crippen MR) is 140 cm³/mol. The second-order valence-corrected chi connectivity index (χ2v) is 8.79. The van der Waals surface area contributed by atoms with E-state index in [0.29, 0.717) is 29.3 Å². The van der Waals surface area contributed by atoms with Gasteiger partial charge >= 0.3 is 12.2 Å². The molecule has 0 radical (unpaired) electrons. The molecule has 0 spiro atoms. The SMILES string of the molecule is O=C(Nc1ccc(F)cc1)OCC1OC(=O)N(c2ccc(F)cc2)C1c1ccc(OCc2ccccc2)cc1. The average Bonchev–Trinajstić information content (AvgIpc) is 3.29. The highest BCUT2D eigenvalue weighted by Gasteiger charge is 2.44. The van der Waals surface area contributed by atoms with Gasteiger partial charge in [-0.2, -0.15) is 0 Å². The lowest BCUT2D eigenvalue weighted by Crippen LogP contribution is -2.32. The average molecular weight is 531 g/mol. The van der Waals surface area contributed by atoms with Crippen LogP contribution in [0.1, 0.15) is 17.2 Å². The molecule has 1 heterocycles. The lowest BCUT2D eigenvalue weighted by molar-refractivity contribution is 0.0684. The molecule has 1 aliphatic rings. The van der Waals surface area contributed by atoms with Crippen molar-refractivity contribution in [3.8, 4) is 5.75 Å². The van der Waals surface area contributed by atoms with Crippen LogP contribution in [0.5, 0.6) is 5.75 Å². The molecule has 198 valence electrons. The maximum atomic E-state index is 13.6. The number of cyclic esters (lactones) is 1. The predicted octanol–water partition coefficient (Wildman–Crippen LogP) is 6.86. The minimum Gasteiger partial charge on any atom is -0.489 e. The molecular weight excluding hydrogens is 506 g/mol. The molecule has 0 saturated carbocycles. The summed E-state index contributed by atoms with van der Waals surface area (Å²) in [6.45, 7) is 0.139. The van der Waals surface area contributed by atoms with Gasteiger partial charge in [0.1, 0.15) is 36.6 Å². The van der Waals surface area contributed by atoms with Gasteiger partial charge in [0.25, 0.3) is 0 Å². The van der Waals surface area contributed by atoms with E-state index in [1.807, 2.05) is 30.3 Å². The zero-order valence-electron chi connectivity index (χ0n) is 20.6. The Morgan fingerprint density at radius 3 is 2.15 bits per heavy atom. The molecule has 1 fully saturated rings. The van der Waals surface area contributed by atoms with Crippen LogP contribution in [0.15, 0.2) is 103 Å². The van der Waals surface area contributed by atoms with E-state index in [0.717, 1.165) is 5.56 Å². The van der Waals surface area contributed by atoms with E-state index in [-0.39, 0.29) is 6.61 Å². The van der Waals surface area contributed by atoms with E-state index in [2.05, 4.69) is 5.32 Å². The van der Waals surface area contributed by atoms with E-state index in [9.17, 15) is 18.4 Å². The summed E-state index contributed by atoms with van der Waals surface area (Å²) in [5.74, 6) is -0.250. The number of rotatable bonds is 8. The molecule has 39 heavy (non-hydrogen) atoms. The Kier molecular flexibility index (Phi) is 7.68. The number of carbonyl (C=O) groups excluding carboxylic acids is 2. The number of ether oxygens (including phenoxy) is 3. The number of nitrogens with one attached hydrogen (secondary N) is 1. The van der Waals surface area contributed by atoms with Crippen molar-refractivity contribution in [1.82, 2.24) is 0 Å². The Labute approximate surface area is 223 Å². The van der Waals surface area contributed by atoms with Crippen molar-refractivity contribution in [2.45, 2.75) is 18.8 Å². The van der Waals surface area contributed by atoms with Crippen LogP contribution in [0.2, 0.25) is 0 Å². The first-order valence-electron chi connectivity index (χ1n) is 12.2. The molecule has 4 aromatic rings. The van der Waals surface area contributed by atoms with Crippen molar-refractivity contribution >= 4 is 23.6 Å². The molecule has 5 rings (SSSR count). The van der Waals surface area contributed by atoms with Crippen molar-refractivity contribution in [2.75, 3.05) is 16.8 Å². The molecule has 2 atom stereocenters. The van der Waals surface area contributed by atoms with E-state index in [1.165, 1.54) is 53.4 Å². The molecule has 0 aliphatic carbocycles. The largest absolute Gasteiger partial charge is 0.489 e. The van der Waals surface area contributed by atoms with Gasteiger partial charge < -0.3 is 14.2 Å². The Balaban J connectivity index is 1.33. The third kappa shape index (κ3) is 6.32. The summed E-state index contributed by atoms with van der Waals surface area (Å²) < 4.78 is 43.5. The third-order valence-corrected chi connectivity index (χ3v) is 6.12. The molecule has 7 nitrogen and oxygen atoms in total. The molecule has 1 N–H and O–H groups in total. The smallest absolute Gasteiger partial charge is 0.415 e.